The van der Waals surface area contributed by atoms with Gasteiger partial charge in [0.05, 0.1) is 11.3 Å². The maximum absolute atomic E-state index is 13.3. The number of hydrogen-bond donors (Lipinski definition) is 1. The van der Waals surface area contributed by atoms with Gasteiger partial charge in [-0.25, -0.2) is 15.1 Å². The Morgan fingerprint density at radius 1 is 1.07 bits per heavy atom. The lowest BCUT2D eigenvalue weighted by Crippen LogP contribution is -2.19. The molecule has 2 aromatic carbocycles. The Bertz CT molecular complexity index is 1500. The molecule has 0 aliphatic rings. The summed E-state index contributed by atoms with van der Waals surface area (Å²) in [6.07, 6.45) is 0. The molecule has 7 heteroatoms. The zero-order valence-electron chi connectivity index (χ0n) is 15.7. The molecule has 0 aliphatic carbocycles. The molecule has 0 radical (unpaired) electrons. The van der Waals surface area contributed by atoms with E-state index in [2.05, 4.69) is 19.9 Å². The van der Waals surface area contributed by atoms with Crippen molar-refractivity contribution >= 4 is 22.6 Å². The van der Waals surface area contributed by atoms with E-state index in [1.165, 1.54) is 4.52 Å². The SMILES string of the molecule is [C-]#[N+]c1[nH]n2c(=O)c(-c3nc4ccc(C)cc4o3)c(C)nc2c1-c1ccccc1. The molecular formula is C22H15N5O2. The smallest absolute Gasteiger partial charge is 0.301 e. The van der Waals surface area contributed by atoms with Crippen LogP contribution in [0.5, 0.6) is 0 Å². The predicted octanol–water partition coefficient (Wildman–Crippen LogP) is 4.67. The van der Waals surface area contributed by atoms with Crippen LogP contribution in [0.25, 0.3) is 44.2 Å². The van der Waals surface area contributed by atoms with Crippen molar-refractivity contribution in [1.29, 1.82) is 0 Å². The number of nitrogens with zero attached hydrogens (tertiary/aromatic N) is 4. The third kappa shape index (κ3) is 2.54. The summed E-state index contributed by atoms with van der Waals surface area (Å²) in [5.41, 5.74) is 4.55. The Kier molecular flexibility index (Phi) is 3.61. The first-order chi connectivity index (χ1) is 14.1. The Morgan fingerprint density at radius 3 is 2.62 bits per heavy atom. The van der Waals surface area contributed by atoms with Crippen molar-refractivity contribution in [1.82, 2.24) is 19.6 Å². The summed E-state index contributed by atoms with van der Waals surface area (Å²) in [6.45, 7) is 11.2. The van der Waals surface area contributed by atoms with Crippen LogP contribution in [0.15, 0.2) is 57.7 Å². The van der Waals surface area contributed by atoms with Crippen molar-refractivity contribution in [3.8, 4) is 22.6 Å². The van der Waals surface area contributed by atoms with Gasteiger partial charge in [0.2, 0.25) is 5.89 Å². The van der Waals surface area contributed by atoms with Crippen LogP contribution in [-0.4, -0.2) is 19.6 Å². The number of benzene rings is 2. The molecule has 1 N–H and O–H groups in total. The number of rotatable bonds is 2. The summed E-state index contributed by atoms with van der Waals surface area (Å²) < 4.78 is 7.14. The van der Waals surface area contributed by atoms with E-state index in [4.69, 9.17) is 11.0 Å². The van der Waals surface area contributed by atoms with Gasteiger partial charge in [0, 0.05) is 0 Å². The number of aromatic nitrogens is 4. The summed E-state index contributed by atoms with van der Waals surface area (Å²) in [5.74, 6) is 0.473. The number of hydrogen-bond acceptors (Lipinski definition) is 4. The van der Waals surface area contributed by atoms with E-state index in [1.807, 2.05) is 55.5 Å². The van der Waals surface area contributed by atoms with Gasteiger partial charge >= 0.3 is 5.56 Å². The lowest BCUT2D eigenvalue weighted by molar-refractivity contribution is 0.616. The lowest BCUT2D eigenvalue weighted by Gasteiger charge is -2.03. The van der Waals surface area contributed by atoms with Gasteiger partial charge in [0.25, 0.3) is 5.82 Å². The Balaban J connectivity index is 1.81. The van der Waals surface area contributed by atoms with Crippen LogP contribution in [-0.2, 0) is 0 Å². The van der Waals surface area contributed by atoms with Gasteiger partial charge < -0.3 is 9.26 Å². The molecule has 0 unspecified atom stereocenters. The molecule has 5 rings (SSSR count). The molecule has 0 spiro atoms. The highest BCUT2D eigenvalue weighted by molar-refractivity contribution is 5.88. The first-order valence-corrected chi connectivity index (χ1v) is 9.02. The van der Waals surface area contributed by atoms with Gasteiger partial charge in [0.1, 0.15) is 11.1 Å². The van der Waals surface area contributed by atoms with Crippen molar-refractivity contribution in [3.63, 3.8) is 0 Å². The second kappa shape index (κ2) is 6.17. The van der Waals surface area contributed by atoms with E-state index in [0.717, 1.165) is 11.1 Å². The normalized spacial score (nSPS) is 11.2. The number of H-pyrrole nitrogens is 1. The maximum Gasteiger partial charge on any atom is 0.301 e. The number of nitrogens with one attached hydrogen (secondary N) is 1. The van der Waals surface area contributed by atoms with E-state index in [-0.39, 0.29) is 22.8 Å². The number of fused-ring (bicyclic) bond motifs is 2. The van der Waals surface area contributed by atoms with Gasteiger partial charge in [-0.05, 0) is 37.1 Å². The molecule has 0 fully saturated rings. The fourth-order valence-electron chi connectivity index (χ4n) is 3.50. The van der Waals surface area contributed by atoms with Crippen LogP contribution < -0.4 is 5.56 Å². The average molecular weight is 381 g/mol. The van der Waals surface area contributed by atoms with Crippen LogP contribution in [0.3, 0.4) is 0 Å². The molecule has 0 amide bonds. The minimum absolute atomic E-state index is 0.218. The molecule has 140 valence electrons. The lowest BCUT2D eigenvalue weighted by atomic mass is 10.1. The Hall–Kier alpha value is -4.18. The van der Waals surface area contributed by atoms with Crippen molar-refractivity contribution in [3.05, 3.63) is 81.6 Å². The van der Waals surface area contributed by atoms with E-state index in [0.29, 0.717) is 28.0 Å². The minimum Gasteiger partial charge on any atom is -0.436 e. The highest BCUT2D eigenvalue weighted by Gasteiger charge is 2.23. The molecule has 29 heavy (non-hydrogen) atoms. The van der Waals surface area contributed by atoms with E-state index < -0.39 is 0 Å². The largest absolute Gasteiger partial charge is 0.436 e. The number of aryl methyl sites for hydroxylation is 2. The van der Waals surface area contributed by atoms with Gasteiger partial charge in [-0.1, -0.05) is 43.0 Å². The van der Waals surface area contributed by atoms with Crippen molar-refractivity contribution in [2.24, 2.45) is 0 Å². The van der Waals surface area contributed by atoms with Crippen molar-refractivity contribution in [2.75, 3.05) is 0 Å². The fourth-order valence-corrected chi connectivity index (χ4v) is 3.50. The zero-order valence-corrected chi connectivity index (χ0v) is 15.7. The topological polar surface area (TPSA) is 80.5 Å². The Labute approximate surface area is 165 Å². The van der Waals surface area contributed by atoms with Gasteiger partial charge in [-0.2, -0.15) is 0 Å². The predicted molar refractivity (Wildman–Crippen MR) is 110 cm³/mol. The summed E-state index contributed by atoms with van der Waals surface area (Å²) in [6, 6.07) is 15.1. The monoisotopic (exact) mass is 381 g/mol. The molecule has 0 bridgehead atoms. The molecule has 0 saturated carbocycles. The molecule has 0 saturated heterocycles. The molecule has 5 aromatic rings. The molecule has 0 aliphatic heterocycles. The fraction of sp³-hybridized carbons (Fsp3) is 0.0909. The van der Waals surface area contributed by atoms with Crippen LogP contribution in [0.2, 0.25) is 0 Å². The second-order valence-electron chi connectivity index (χ2n) is 6.84. The van der Waals surface area contributed by atoms with Gasteiger partial charge in [-0.15, -0.1) is 4.52 Å². The molecule has 7 nitrogen and oxygen atoms in total. The second-order valence-corrected chi connectivity index (χ2v) is 6.84. The summed E-state index contributed by atoms with van der Waals surface area (Å²) in [4.78, 5) is 26.0. The molecular weight excluding hydrogens is 366 g/mol. The Morgan fingerprint density at radius 2 is 1.86 bits per heavy atom. The average Bonchev–Trinajstić information content (AvgIpc) is 3.29. The van der Waals surface area contributed by atoms with Gasteiger partial charge in [0.15, 0.2) is 11.2 Å². The summed E-state index contributed by atoms with van der Waals surface area (Å²) in [7, 11) is 0. The summed E-state index contributed by atoms with van der Waals surface area (Å²) in [5, 5.41) is 2.88. The van der Waals surface area contributed by atoms with E-state index >= 15 is 0 Å². The number of oxazole rings is 1. The van der Waals surface area contributed by atoms with Crippen LogP contribution >= 0.6 is 0 Å². The maximum atomic E-state index is 13.3. The zero-order chi connectivity index (χ0) is 20.1. The standard InChI is InChI=1S/C22H15N5O2/c1-12-9-10-15-16(11-12)29-21(25-15)17-13(2)24-20-18(14-7-5-4-6-8-14)19(23-3)26-27(20)22(17)28/h4-11,26H,1-2H3. The van der Waals surface area contributed by atoms with Crippen molar-refractivity contribution in [2.45, 2.75) is 13.8 Å². The minimum atomic E-state index is -0.358. The highest BCUT2D eigenvalue weighted by Crippen LogP contribution is 2.33. The quantitative estimate of drug-likeness (QED) is 0.451. The van der Waals surface area contributed by atoms with Crippen LogP contribution in [0, 0.1) is 20.4 Å². The molecule has 3 aromatic heterocycles. The van der Waals surface area contributed by atoms with E-state index in [9.17, 15) is 4.79 Å². The molecule has 3 heterocycles. The third-order valence-corrected chi connectivity index (χ3v) is 4.87. The van der Waals surface area contributed by atoms with Crippen LogP contribution in [0.1, 0.15) is 11.3 Å². The van der Waals surface area contributed by atoms with Crippen LogP contribution in [0.4, 0.5) is 5.82 Å². The van der Waals surface area contributed by atoms with Gasteiger partial charge in [-0.3, -0.25) is 4.79 Å². The highest BCUT2D eigenvalue weighted by atomic mass is 16.3. The number of aromatic amines is 1. The van der Waals surface area contributed by atoms with E-state index in [1.54, 1.807) is 6.92 Å². The summed E-state index contributed by atoms with van der Waals surface area (Å²) >= 11 is 0. The first-order valence-electron chi connectivity index (χ1n) is 9.02. The van der Waals surface area contributed by atoms with Crippen molar-refractivity contribution < 1.29 is 4.42 Å². The molecule has 0 atom stereocenters. The first kappa shape index (κ1) is 17.0. The third-order valence-electron chi connectivity index (χ3n) is 4.87.